The van der Waals surface area contributed by atoms with Crippen LogP contribution in [-0.2, 0) is 0 Å². The summed E-state index contributed by atoms with van der Waals surface area (Å²) in [5.74, 6) is 0.820. The van der Waals surface area contributed by atoms with E-state index >= 15 is 0 Å². The van der Waals surface area contributed by atoms with E-state index in [1.807, 2.05) is 0 Å². The largest absolute Gasteiger partial charge is 0.396 e. The fraction of sp³-hybridized carbons (Fsp3) is 1.00. The second-order valence-corrected chi connectivity index (χ2v) is 5.19. The number of unbranched alkanes of at least 4 members (excludes halogenated alkanes) is 3. The van der Waals surface area contributed by atoms with Gasteiger partial charge in [0.1, 0.15) is 0 Å². The SMILES string of the molecule is CCC(C)C(C)(C)CCCCCCO. The molecule has 1 N–H and O–H groups in total. The van der Waals surface area contributed by atoms with Gasteiger partial charge in [0, 0.05) is 6.61 Å². The van der Waals surface area contributed by atoms with Crippen LogP contribution < -0.4 is 0 Å². The summed E-state index contributed by atoms with van der Waals surface area (Å²) in [7, 11) is 0. The van der Waals surface area contributed by atoms with Crippen molar-refractivity contribution in [3.63, 3.8) is 0 Å². The maximum atomic E-state index is 8.65. The first kappa shape index (κ1) is 14.0. The molecule has 1 unspecified atom stereocenters. The molecule has 0 aromatic carbocycles. The van der Waals surface area contributed by atoms with Crippen LogP contribution in [0.2, 0.25) is 0 Å². The van der Waals surface area contributed by atoms with E-state index in [0.29, 0.717) is 12.0 Å². The highest BCUT2D eigenvalue weighted by Gasteiger charge is 2.23. The van der Waals surface area contributed by atoms with Gasteiger partial charge in [0.2, 0.25) is 0 Å². The van der Waals surface area contributed by atoms with Crippen molar-refractivity contribution in [2.45, 2.75) is 66.2 Å². The quantitative estimate of drug-likeness (QED) is 0.587. The molecule has 0 amide bonds. The van der Waals surface area contributed by atoms with Crippen LogP contribution in [0.4, 0.5) is 0 Å². The van der Waals surface area contributed by atoms with Crippen molar-refractivity contribution < 1.29 is 5.11 Å². The zero-order chi connectivity index (χ0) is 11.0. The monoisotopic (exact) mass is 200 g/mol. The Balaban J connectivity index is 3.55. The van der Waals surface area contributed by atoms with Gasteiger partial charge in [0.05, 0.1) is 0 Å². The molecule has 0 saturated heterocycles. The van der Waals surface area contributed by atoms with Crippen molar-refractivity contribution in [1.29, 1.82) is 0 Å². The van der Waals surface area contributed by atoms with Crippen LogP contribution in [0.3, 0.4) is 0 Å². The predicted octanol–water partition coefficient (Wildman–Crippen LogP) is 4.00. The van der Waals surface area contributed by atoms with Crippen LogP contribution in [0.25, 0.3) is 0 Å². The number of hydrogen-bond acceptors (Lipinski definition) is 1. The standard InChI is InChI=1S/C13H28O/c1-5-12(2)13(3,4)10-8-6-7-9-11-14/h12,14H,5-11H2,1-4H3. The Hall–Kier alpha value is -0.0400. The molecule has 0 aliphatic rings. The van der Waals surface area contributed by atoms with Crippen LogP contribution in [0.1, 0.15) is 66.2 Å². The summed E-state index contributed by atoms with van der Waals surface area (Å²) >= 11 is 0. The van der Waals surface area contributed by atoms with Crippen LogP contribution in [0.5, 0.6) is 0 Å². The third kappa shape index (κ3) is 5.64. The number of aliphatic hydroxyl groups excluding tert-OH is 1. The lowest BCUT2D eigenvalue weighted by atomic mass is 9.75. The Kier molecular flexibility index (Phi) is 7.26. The molecule has 0 radical (unpaired) electrons. The van der Waals surface area contributed by atoms with Crippen molar-refractivity contribution in [2.24, 2.45) is 11.3 Å². The molecular weight excluding hydrogens is 172 g/mol. The van der Waals surface area contributed by atoms with Crippen molar-refractivity contribution in [3.8, 4) is 0 Å². The molecule has 14 heavy (non-hydrogen) atoms. The van der Waals surface area contributed by atoms with Crippen molar-refractivity contribution in [1.82, 2.24) is 0 Å². The van der Waals surface area contributed by atoms with Crippen LogP contribution in [0.15, 0.2) is 0 Å². The van der Waals surface area contributed by atoms with E-state index in [1.165, 1.54) is 32.1 Å². The van der Waals surface area contributed by atoms with E-state index in [4.69, 9.17) is 5.11 Å². The molecule has 0 fully saturated rings. The molecule has 0 aliphatic heterocycles. The second kappa shape index (κ2) is 7.28. The molecule has 0 aromatic rings. The Bertz CT molecular complexity index is 129. The van der Waals surface area contributed by atoms with Gasteiger partial charge < -0.3 is 5.11 Å². The van der Waals surface area contributed by atoms with E-state index in [1.54, 1.807) is 0 Å². The van der Waals surface area contributed by atoms with Gasteiger partial charge in [-0.1, -0.05) is 53.4 Å². The Labute approximate surface area is 89.9 Å². The van der Waals surface area contributed by atoms with Gasteiger partial charge in [-0.05, 0) is 24.2 Å². The highest BCUT2D eigenvalue weighted by atomic mass is 16.2. The molecule has 1 atom stereocenters. The molecule has 0 saturated carbocycles. The van der Waals surface area contributed by atoms with Gasteiger partial charge in [-0.2, -0.15) is 0 Å². The van der Waals surface area contributed by atoms with Crippen molar-refractivity contribution >= 4 is 0 Å². The number of aliphatic hydroxyl groups is 1. The average Bonchev–Trinajstić information content (AvgIpc) is 2.16. The summed E-state index contributed by atoms with van der Waals surface area (Å²) in [6, 6.07) is 0. The van der Waals surface area contributed by atoms with Crippen LogP contribution >= 0.6 is 0 Å². The predicted molar refractivity (Wildman–Crippen MR) is 63.4 cm³/mol. The normalized spacial score (nSPS) is 14.4. The molecular formula is C13H28O. The highest BCUT2D eigenvalue weighted by molar-refractivity contribution is 4.74. The van der Waals surface area contributed by atoms with E-state index in [2.05, 4.69) is 27.7 Å². The lowest BCUT2D eigenvalue weighted by Gasteiger charge is -2.31. The molecule has 1 nitrogen and oxygen atoms in total. The Morgan fingerprint density at radius 3 is 2.14 bits per heavy atom. The molecule has 0 bridgehead atoms. The van der Waals surface area contributed by atoms with E-state index in [-0.39, 0.29) is 0 Å². The molecule has 0 aromatic heterocycles. The summed E-state index contributed by atoms with van der Waals surface area (Å²) in [6.45, 7) is 9.75. The summed E-state index contributed by atoms with van der Waals surface area (Å²) in [5.41, 5.74) is 0.494. The summed E-state index contributed by atoms with van der Waals surface area (Å²) in [6.07, 6.45) is 7.37. The van der Waals surface area contributed by atoms with Crippen LogP contribution in [-0.4, -0.2) is 11.7 Å². The minimum atomic E-state index is 0.356. The van der Waals surface area contributed by atoms with Gasteiger partial charge in [-0.15, -0.1) is 0 Å². The van der Waals surface area contributed by atoms with Gasteiger partial charge in [0.15, 0.2) is 0 Å². The first-order chi connectivity index (χ1) is 6.54. The lowest BCUT2D eigenvalue weighted by molar-refractivity contribution is 0.198. The van der Waals surface area contributed by atoms with Gasteiger partial charge in [0.25, 0.3) is 0 Å². The molecule has 0 heterocycles. The minimum absolute atomic E-state index is 0.356. The fourth-order valence-corrected chi connectivity index (χ4v) is 1.84. The molecule has 1 heteroatoms. The molecule has 0 spiro atoms. The van der Waals surface area contributed by atoms with Gasteiger partial charge in [-0.25, -0.2) is 0 Å². The van der Waals surface area contributed by atoms with E-state index in [0.717, 1.165) is 12.3 Å². The summed E-state index contributed by atoms with van der Waals surface area (Å²) in [5, 5.41) is 8.65. The molecule has 0 aliphatic carbocycles. The topological polar surface area (TPSA) is 20.2 Å². The van der Waals surface area contributed by atoms with E-state index < -0.39 is 0 Å². The van der Waals surface area contributed by atoms with E-state index in [9.17, 15) is 0 Å². The zero-order valence-corrected chi connectivity index (χ0v) is 10.5. The van der Waals surface area contributed by atoms with Crippen molar-refractivity contribution in [2.75, 3.05) is 6.61 Å². The lowest BCUT2D eigenvalue weighted by Crippen LogP contribution is -2.20. The third-order valence-corrected chi connectivity index (χ3v) is 3.68. The number of hydrogen-bond donors (Lipinski definition) is 1. The van der Waals surface area contributed by atoms with Gasteiger partial charge in [-0.3, -0.25) is 0 Å². The molecule has 86 valence electrons. The summed E-state index contributed by atoms with van der Waals surface area (Å²) < 4.78 is 0. The minimum Gasteiger partial charge on any atom is -0.396 e. The molecule has 0 rings (SSSR count). The van der Waals surface area contributed by atoms with Gasteiger partial charge >= 0.3 is 0 Å². The van der Waals surface area contributed by atoms with Crippen LogP contribution in [0, 0.1) is 11.3 Å². The first-order valence-corrected chi connectivity index (χ1v) is 6.15. The zero-order valence-electron chi connectivity index (χ0n) is 10.5. The second-order valence-electron chi connectivity index (χ2n) is 5.19. The summed E-state index contributed by atoms with van der Waals surface area (Å²) in [4.78, 5) is 0. The van der Waals surface area contributed by atoms with Crippen molar-refractivity contribution in [3.05, 3.63) is 0 Å². The Morgan fingerprint density at radius 1 is 1.07 bits per heavy atom. The third-order valence-electron chi connectivity index (χ3n) is 3.68. The average molecular weight is 200 g/mol. The first-order valence-electron chi connectivity index (χ1n) is 6.15. The Morgan fingerprint density at radius 2 is 1.64 bits per heavy atom. The number of rotatable bonds is 8. The maximum Gasteiger partial charge on any atom is 0.0431 e. The smallest absolute Gasteiger partial charge is 0.0431 e. The fourth-order valence-electron chi connectivity index (χ4n) is 1.84. The maximum absolute atomic E-state index is 8.65. The highest BCUT2D eigenvalue weighted by Crippen LogP contribution is 2.34.